The van der Waals surface area contributed by atoms with Gasteiger partial charge in [-0.1, -0.05) is 20.8 Å². The highest BCUT2D eigenvalue weighted by Gasteiger charge is 2.25. The van der Waals surface area contributed by atoms with Crippen LogP contribution in [0.5, 0.6) is 0 Å². The van der Waals surface area contributed by atoms with E-state index in [1.807, 2.05) is 12.1 Å². The van der Waals surface area contributed by atoms with Gasteiger partial charge in [0.1, 0.15) is 5.82 Å². The van der Waals surface area contributed by atoms with Gasteiger partial charge in [-0.3, -0.25) is 4.98 Å². The largest absolute Gasteiger partial charge is 0.377 e. The number of pyridine rings is 1. The lowest BCUT2D eigenvalue weighted by Gasteiger charge is -2.37. The van der Waals surface area contributed by atoms with E-state index in [9.17, 15) is 0 Å². The summed E-state index contributed by atoms with van der Waals surface area (Å²) < 4.78 is 5.71. The van der Waals surface area contributed by atoms with Crippen LogP contribution in [0.4, 0.5) is 5.82 Å². The first-order valence-electron chi connectivity index (χ1n) is 8.80. The quantitative estimate of drug-likeness (QED) is 0.843. The molecule has 3 heterocycles. The Morgan fingerprint density at radius 3 is 2.75 bits per heavy atom. The van der Waals surface area contributed by atoms with Crippen LogP contribution in [-0.2, 0) is 11.2 Å². The fraction of sp³-hybridized carbons (Fsp3) is 0.526. The third-order valence-corrected chi connectivity index (χ3v) is 4.33. The molecule has 0 spiro atoms. The Balaban J connectivity index is 1.96. The van der Waals surface area contributed by atoms with Crippen LogP contribution in [0.1, 0.15) is 32.9 Å². The zero-order valence-corrected chi connectivity index (χ0v) is 14.8. The molecule has 1 aliphatic heterocycles. The summed E-state index contributed by atoms with van der Waals surface area (Å²) in [6, 6.07) is 6.43. The molecule has 0 amide bonds. The Morgan fingerprint density at radius 2 is 2.04 bits per heavy atom. The van der Waals surface area contributed by atoms with Gasteiger partial charge in [-0.05, 0) is 30.9 Å². The summed E-state index contributed by atoms with van der Waals surface area (Å²) in [5, 5.41) is 0. The second-order valence-corrected chi connectivity index (χ2v) is 6.68. The first kappa shape index (κ1) is 16.8. The number of rotatable bonds is 5. The van der Waals surface area contributed by atoms with E-state index in [1.54, 1.807) is 12.4 Å². The number of morpholine rings is 1. The van der Waals surface area contributed by atoms with E-state index in [0.717, 1.165) is 55.5 Å². The minimum absolute atomic E-state index is 0.378. The van der Waals surface area contributed by atoms with E-state index in [2.05, 4.69) is 36.7 Å². The zero-order valence-electron chi connectivity index (χ0n) is 14.8. The number of ether oxygens (including phenoxy) is 1. The molecule has 2 aromatic rings. The van der Waals surface area contributed by atoms with Crippen LogP contribution >= 0.6 is 0 Å². The molecule has 0 aliphatic carbocycles. The molecule has 0 aromatic carbocycles. The number of anilines is 1. The number of hydrogen-bond acceptors (Lipinski definition) is 5. The Bertz CT molecular complexity index is 660. The van der Waals surface area contributed by atoms with Crippen molar-refractivity contribution in [1.29, 1.82) is 0 Å². The van der Waals surface area contributed by atoms with Gasteiger partial charge in [0.05, 0.1) is 19.3 Å². The van der Waals surface area contributed by atoms with Crippen LogP contribution in [0.3, 0.4) is 0 Å². The molecule has 1 aliphatic rings. The minimum atomic E-state index is 0.378. The average molecular weight is 326 g/mol. The van der Waals surface area contributed by atoms with E-state index in [1.165, 1.54) is 0 Å². The molecule has 1 atom stereocenters. The molecule has 24 heavy (non-hydrogen) atoms. The van der Waals surface area contributed by atoms with Crippen molar-refractivity contribution >= 4 is 5.82 Å². The predicted octanol–water partition coefficient (Wildman–Crippen LogP) is 3.35. The summed E-state index contributed by atoms with van der Waals surface area (Å²) in [5.41, 5.74) is 2.08. The molecule has 0 bridgehead atoms. The van der Waals surface area contributed by atoms with Crippen molar-refractivity contribution < 1.29 is 4.74 Å². The average Bonchev–Trinajstić information content (AvgIpc) is 2.62. The van der Waals surface area contributed by atoms with Crippen molar-refractivity contribution in [1.82, 2.24) is 15.0 Å². The molecule has 1 unspecified atom stereocenters. The number of nitrogens with zero attached hydrogens (tertiary/aromatic N) is 4. The Morgan fingerprint density at radius 1 is 1.25 bits per heavy atom. The van der Waals surface area contributed by atoms with Gasteiger partial charge >= 0.3 is 0 Å². The smallest absolute Gasteiger partial charge is 0.161 e. The number of aromatic nitrogens is 3. The first-order valence-corrected chi connectivity index (χ1v) is 8.80. The standard InChI is InChI=1S/C19H26N4O/c1-4-16-12-18(22-19(21-16)15-5-7-20-8-6-15)23-9-10-24-13-17(23)11-14(2)3/h5-8,12,14,17H,4,9-11,13H2,1-3H3. The maximum atomic E-state index is 5.71. The lowest BCUT2D eigenvalue weighted by atomic mass is 10.0. The molecular formula is C19H26N4O. The Kier molecular flexibility index (Phi) is 5.41. The predicted molar refractivity (Wildman–Crippen MR) is 96.0 cm³/mol. The van der Waals surface area contributed by atoms with Crippen molar-refractivity contribution in [2.45, 2.75) is 39.7 Å². The second-order valence-electron chi connectivity index (χ2n) is 6.68. The van der Waals surface area contributed by atoms with Gasteiger partial charge < -0.3 is 9.64 Å². The molecule has 0 radical (unpaired) electrons. The summed E-state index contributed by atoms with van der Waals surface area (Å²) >= 11 is 0. The fourth-order valence-electron chi connectivity index (χ4n) is 3.14. The van der Waals surface area contributed by atoms with Crippen LogP contribution in [0.25, 0.3) is 11.4 Å². The monoisotopic (exact) mass is 326 g/mol. The summed E-state index contributed by atoms with van der Waals surface area (Å²) in [6.45, 7) is 9.05. The van der Waals surface area contributed by atoms with Crippen LogP contribution < -0.4 is 4.90 Å². The van der Waals surface area contributed by atoms with Gasteiger partial charge in [0, 0.05) is 36.3 Å². The molecule has 0 saturated carbocycles. The van der Waals surface area contributed by atoms with Crippen molar-refractivity contribution in [3.63, 3.8) is 0 Å². The summed E-state index contributed by atoms with van der Waals surface area (Å²) in [7, 11) is 0. The van der Waals surface area contributed by atoms with Crippen LogP contribution in [0.2, 0.25) is 0 Å². The van der Waals surface area contributed by atoms with Crippen molar-refractivity contribution in [3.05, 3.63) is 36.3 Å². The molecule has 3 rings (SSSR count). The molecule has 1 fully saturated rings. The summed E-state index contributed by atoms with van der Waals surface area (Å²) in [5.74, 6) is 2.43. The van der Waals surface area contributed by atoms with Crippen LogP contribution in [0.15, 0.2) is 30.6 Å². The highest BCUT2D eigenvalue weighted by Crippen LogP contribution is 2.25. The topological polar surface area (TPSA) is 51.1 Å². The van der Waals surface area contributed by atoms with Crippen LogP contribution in [0, 0.1) is 5.92 Å². The normalized spacial score (nSPS) is 18.2. The fourth-order valence-corrected chi connectivity index (χ4v) is 3.14. The van der Waals surface area contributed by atoms with Gasteiger partial charge in [-0.15, -0.1) is 0 Å². The number of aryl methyl sites for hydroxylation is 1. The summed E-state index contributed by atoms with van der Waals surface area (Å²) in [4.78, 5) is 16.1. The third kappa shape index (κ3) is 3.90. The van der Waals surface area contributed by atoms with E-state index in [0.29, 0.717) is 12.0 Å². The lowest BCUT2D eigenvalue weighted by Crippen LogP contribution is -2.46. The maximum Gasteiger partial charge on any atom is 0.161 e. The number of hydrogen-bond donors (Lipinski definition) is 0. The first-order chi connectivity index (χ1) is 11.7. The highest BCUT2D eigenvalue weighted by atomic mass is 16.5. The van der Waals surface area contributed by atoms with Crippen LogP contribution in [-0.4, -0.2) is 40.8 Å². The lowest BCUT2D eigenvalue weighted by molar-refractivity contribution is 0.0873. The van der Waals surface area contributed by atoms with Gasteiger partial charge in [0.2, 0.25) is 0 Å². The zero-order chi connectivity index (χ0) is 16.9. The molecule has 128 valence electrons. The summed E-state index contributed by atoms with van der Waals surface area (Å²) in [6.07, 6.45) is 5.57. The maximum absolute atomic E-state index is 5.71. The van der Waals surface area contributed by atoms with Gasteiger partial charge in [-0.25, -0.2) is 9.97 Å². The molecule has 2 aromatic heterocycles. The second kappa shape index (κ2) is 7.71. The van der Waals surface area contributed by atoms with Gasteiger partial charge in [0.25, 0.3) is 0 Å². The molecule has 1 saturated heterocycles. The highest BCUT2D eigenvalue weighted by molar-refractivity contribution is 5.57. The molecule has 5 nitrogen and oxygen atoms in total. The van der Waals surface area contributed by atoms with E-state index >= 15 is 0 Å². The van der Waals surface area contributed by atoms with Crippen molar-refractivity contribution in [2.75, 3.05) is 24.7 Å². The SMILES string of the molecule is CCc1cc(N2CCOCC2CC(C)C)nc(-c2ccncc2)n1. The van der Waals surface area contributed by atoms with Crippen molar-refractivity contribution in [3.8, 4) is 11.4 Å². The molecular weight excluding hydrogens is 300 g/mol. The van der Waals surface area contributed by atoms with E-state index in [4.69, 9.17) is 14.7 Å². The molecule has 5 heteroatoms. The Labute approximate surface area is 144 Å². The Hall–Kier alpha value is -2.01. The van der Waals surface area contributed by atoms with E-state index in [-0.39, 0.29) is 0 Å². The van der Waals surface area contributed by atoms with Gasteiger partial charge in [-0.2, -0.15) is 0 Å². The minimum Gasteiger partial charge on any atom is -0.377 e. The third-order valence-electron chi connectivity index (χ3n) is 4.33. The van der Waals surface area contributed by atoms with Crippen molar-refractivity contribution in [2.24, 2.45) is 5.92 Å². The molecule has 0 N–H and O–H groups in total. The van der Waals surface area contributed by atoms with Gasteiger partial charge in [0.15, 0.2) is 5.82 Å². The van der Waals surface area contributed by atoms with E-state index < -0.39 is 0 Å².